The van der Waals surface area contributed by atoms with E-state index in [1.165, 1.54) is 0 Å². The molecule has 2 rings (SSSR count). The van der Waals surface area contributed by atoms with Gasteiger partial charge in [-0.1, -0.05) is 32.0 Å². The summed E-state index contributed by atoms with van der Waals surface area (Å²) in [5, 5.41) is 23.7. The van der Waals surface area contributed by atoms with Crippen LogP contribution in [0.15, 0.2) is 30.5 Å². The molecule has 0 aliphatic heterocycles. The summed E-state index contributed by atoms with van der Waals surface area (Å²) in [6, 6.07) is 4.01. The van der Waals surface area contributed by atoms with Crippen LogP contribution in [0, 0.1) is 5.92 Å². The van der Waals surface area contributed by atoms with Crippen LogP contribution in [0.3, 0.4) is 0 Å². The predicted molar refractivity (Wildman–Crippen MR) is 113 cm³/mol. The van der Waals surface area contributed by atoms with Crippen molar-refractivity contribution >= 4 is 34.7 Å². The van der Waals surface area contributed by atoms with Crippen molar-refractivity contribution in [2.45, 2.75) is 51.2 Å². The van der Waals surface area contributed by atoms with Crippen LogP contribution in [0.2, 0.25) is 0 Å². The van der Waals surface area contributed by atoms with Gasteiger partial charge in [0.25, 0.3) is 0 Å². The van der Waals surface area contributed by atoms with Crippen LogP contribution < -0.4 is 16.4 Å². The highest BCUT2D eigenvalue weighted by atomic mass is 16.4. The van der Waals surface area contributed by atoms with Gasteiger partial charge in [-0.15, -0.1) is 0 Å². The van der Waals surface area contributed by atoms with E-state index in [2.05, 4.69) is 15.6 Å². The number of hydrogen-bond donors (Lipinski definition) is 6. The van der Waals surface area contributed by atoms with Crippen LogP contribution >= 0.6 is 0 Å². The second-order valence-electron chi connectivity index (χ2n) is 7.86. The zero-order chi connectivity index (χ0) is 23.1. The molecule has 31 heavy (non-hydrogen) atoms. The van der Waals surface area contributed by atoms with Gasteiger partial charge < -0.3 is 31.6 Å². The number of amides is 2. The highest BCUT2D eigenvalue weighted by Crippen LogP contribution is 2.19. The third-order valence-electron chi connectivity index (χ3n) is 4.78. The van der Waals surface area contributed by atoms with E-state index < -0.39 is 48.3 Å². The van der Waals surface area contributed by atoms with Gasteiger partial charge in [0.1, 0.15) is 12.1 Å². The largest absolute Gasteiger partial charge is 0.481 e. The van der Waals surface area contributed by atoms with Crippen LogP contribution in [-0.2, 0) is 25.6 Å². The molecule has 0 spiro atoms. The molecule has 0 fully saturated rings. The number of carboxylic acids is 2. The number of aliphatic carboxylic acids is 2. The molecule has 0 saturated heterocycles. The fourth-order valence-corrected chi connectivity index (χ4v) is 3.26. The monoisotopic (exact) mass is 432 g/mol. The minimum atomic E-state index is -1.60. The van der Waals surface area contributed by atoms with Gasteiger partial charge in [0.15, 0.2) is 0 Å². The van der Waals surface area contributed by atoms with Crippen molar-refractivity contribution in [3.63, 3.8) is 0 Å². The summed E-state index contributed by atoms with van der Waals surface area (Å²) in [7, 11) is 0. The number of carboxylic acid groups (broad SMARTS) is 2. The lowest BCUT2D eigenvalue weighted by Crippen LogP contribution is -2.55. The minimum Gasteiger partial charge on any atom is -0.481 e. The van der Waals surface area contributed by atoms with Crippen LogP contribution in [0.1, 0.15) is 32.3 Å². The summed E-state index contributed by atoms with van der Waals surface area (Å²) in [4.78, 5) is 50.5. The van der Waals surface area contributed by atoms with Crippen molar-refractivity contribution in [1.29, 1.82) is 0 Å². The number of aromatic nitrogens is 1. The molecule has 0 aliphatic rings. The lowest BCUT2D eigenvalue weighted by molar-refractivity contribution is -0.147. The quantitative estimate of drug-likeness (QED) is 0.301. The second-order valence-corrected chi connectivity index (χ2v) is 7.86. The molecular weight excluding hydrogens is 404 g/mol. The lowest BCUT2D eigenvalue weighted by Gasteiger charge is -2.23. The fourth-order valence-electron chi connectivity index (χ4n) is 3.26. The Balaban J connectivity index is 2.07. The first kappa shape index (κ1) is 23.9. The summed E-state index contributed by atoms with van der Waals surface area (Å²) in [6.45, 7) is 3.68. The normalized spacial score (nSPS) is 14.1. The van der Waals surface area contributed by atoms with Crippen molar-refractivity contribution < 1.29 is 29.4 Å². The van der Waals surface area contributed by atoms with E-state index in [9.17, 15) is 19.2 Å². The first-order valence-electron chi connectivity index (χ1n) is 9.94. The number of aromatic amines is 1. The Labute approximate surface area is 179 Å². The van der Waals surface area contributed by atoms with Gasteiger partial charge in [0.2, 0.25) is 11.8 Å². The van der Waals surface area contributed by atoms with E-state index in [0.717, 1.165) is 16.5 Å². The summed E-state index contributed by atoms with van der Waals surface area (Å²) in [6.07, 6.45) is 1.47. The molecule has 0 unspecified atom stereocenters. The SMILES string of the molecule is CC(C)C[C@H](NC(=O)[C@@H](N)Cc1c[nH]c2ccccc12)C(=O)N[C@@H](CC(=O)O)C(=O)O. The Bertz CT molecular complexity index is 954. The molecule has 0 saturated carbocycles. The molecule has 0 radical (unpaired) electrons. The second kappa shape index (κ2) is 10.6. The number of fused-ring (bicyclic) bond motifs is 1. The molecule has 3 atom stereocenters. The van der Waals surface area contributed by atoms with Crippen molar-refractivity contribution in [2.75, 3.05) is 0 Å². The molecule has 7 N–H and O–H groups in total. The number of nitrogens with two attached hydrogens (primary N) is 1. The Morgan fingerprint density at radius 3 is 2.29 bits per heavy atom. The van der Waals surface area contributed by atoms with E-state index in [-0.39, 0.29) is 18.8 Å². The van der Waals surface area contributed by atoms with E-state index in [1.807, 2.05) is 38.1 Å². The Hall–Kier alpha value is -3.40. The Kier molecular flexibility index (Phi) is 8.14. The third kappa shape index (κ3) is 6.82. The summed E-state index contributed by atoms with van der Waals surface area (Å²) < 4.78 is 0. The number of para-hydroxylation sites is 1. The molecule has 0 aliphatic carbocycles. The van der Waals surface area contributed by atoms with Gasteiger partial charge in [-0.25, -0.2) is 4.79 Å². The maximum atomic E-state index is 12.7. The van der Waals surface area contributed by atoms with Gasteiger partial charge in [-0.2, -0.15) is 0 Å². The zero-order valence-corrected chi connectivity index (χ0v) is 17.4. The van der Waals surface area contributed by atoms with E-state index in [4.69, 9.17) is 15.9 Å². The first-order valence-corrected chi connectivity index (χ1v) is 9.94. The van der Waals surface area contributed by atoms with Crippen LogP contribution in [0.25, 0.3) is 10.9 Å². The molecular formula is C21H28N4O6. The number of benzene rings is 1. The lowest BCUT2D eigenvalue weighted by atomic mass is 10.0. The molecule has 168 valence electrons. The molecule has 2 amide bonds. The maximum Gasteiger partial charge on any atom is 0.326 e. The number of carbonyl (C=O) groups excluding carboxylic acids is 2. The van der Waals surface area contributed by atoms with Gasteiger partial charge in [0, 0.05) is 17.1 Å². The average molecular weight is 432 g/mol. The van der Waals surface area contributed by atoms with Crippen molar-refractivity contribution in [2.24, 2.45) is 11.7 Å². The molecule has 1 aromatic carbocycles. The Morgan fingerprint density at radius 1 is 1.03 bits per heavy atom. The van der Waals surface area contributed by atoms with Crippen LogP contribution in [0.5, 0.6) is 0 Å². The fraction of sp³-hybridized carbons (Fsp3) is 0.429. The van der Waals surface area contributed by atoms with Gasteiger partial charge in [0.05, 0.1) is 12.5 Å². The number of nitrogens with one attached hydrogen (secondary N) is 3. The van der Waals surface area contributed by atoms with Gasteiger partial charge in [-0.05, 0) is 30.4 Å². The average Bonchev–Trinajstić information content (AvgIpc) is 3.09. The number of hydrogen-bond acceptors (Lipinski definition) is 5. The molecule has 10 nitrogen and oxygen atoms in total. The molecule has 2 aromatic rings. The Morgan fingerprint density at radius 2 is 1.68 bits per heavy atom. The summed E-state index contributed by atoms with van der Waals surface area (Å²) >= 11 is 0. The maximum absolute atomic E-state index is 12.7. The van der Waals surface area contributed by atoms with Gasteiger partial charge >= 0.3 is 11.9 Å². The molecule has 1 aromatic heterocycles. The molecule has 1 heterocycles. The minimum absolute atomic E-state index is 0.00337. The zero-order valence-electron chi connectivity index (χ0n) is 17.4. The molecule has 10 heteroatoms. The molecule has 0 bridgehead atoms. The van der Waals surface area contributed by atoms with Gasteiger partial charge in [-0.3, -0.25) is 14.4 Å². The van der Waals surface area contributed by atoms with E-state index >= 15 is 0 Å². The van der Waals surface area contributed by atoms with E-state index in [1.54, 1.807) is 6.20 Å². The number of H-pyrrole nitrogens is 1. The van der Waals surface area contributed by atoms with Crippen molar-refractivity contribution in [3.8, 4) is 0 Å². The summed E-state index contributed by atoms with van der Waals surface area (Å²) in [5.74, 6) is -4.16. The number of carbonyl (C=O) groups is 4. The first-order chi connectivity index (χ1) is 14.6. The van der Waals surface area contributed by atoms with Crippen molar-refractivity contribution in [1.82, 2.24) is 15.6 Å². The van der Waals surface area contributed by atoms with Crippen LogP contribution in [-0.4, -0.2) is 57.1 Å². The number of rotatable bonds is 11. The van der Waals surface area contributed by atoms with E-state index in [0.29, 0.717) is 0 Å². The van der Waals surface area contributed by atoms with Crippen molar-refractivity contribution in [3.05, 3.63) is 36.0 Å². The highest BCUT2D eigenvalue weighted by Gasteiger charge is 2.29. The topological polar surface area (TPSA) is 175 Å². The highest BCUT2D eigenvalue weighted by molar-refractivity contribution is 5.93. The summed E-state index contributed by atoms with van der Waals surface area (Å²) in [5.41, 5.74) is 7.84. The third-order valence-corrected chi connectivity index (χ3v) is 4.78. The van der Waals surface area contributed by atoms with Crippen LogP contribution in [0.4, 0.5) is 0 Å². The smallest absolute Gasteiger partial charge is 0.326 e. The predicted octanol–water partition coefficient (Wildman–Crippen LogP) is 0.613. The standard InChI is InChI=1S/C21H28N4O6/c1-11(2)7-16(20(29)25-17(21(30)31)9-18(26)27)24-19(28)14(22)8-12-10-23-15-6-4-3-5-13(12)15/h3-6,10-11,14,16-17,23H,7-9,22H2,1-2H3,(H,24,28)(H,25,29)(H,26,27)(H,30,31)/t14-,16-,17-/m0/s1.